The number of ether oxygens (including phenoxy) is 1. The van der Waals surface area contributed by atoms with Crippen LogP contribution in [0, 0.1) is 23.2 Å². The van der Waals surface area contributed by atoms with Crippen molar-refractivity contribution in [2.24, 2.45) is 23.2 Å². The third-order valence-electron chi connectivity index (χ3n) is 7.93. The molecule has 4 heteroatoms. The van der Waals surface area contributed by atoms with Crippen LogP contribution in [0.25, 0.3) is 0 Å². The van der Waals surface area contributed by atoms with E-state index in [1.165, 1.54) is 57.2 Å². The molecular weight excluding hydrogens is 352 g/mol. The summed E-state index contributed by atoms with van der Waals surface area (Å²) in [5, 5.41) is 0. The zero-order chi connectivity index (χ0) is 20.1. The molecule has 0 aromatic rings. The number of hydrogen-bond donors (Lipinski definition) is 0. The molecule has 0 saturated heterocycles. The van der Waals surface area contributed by atoms with Crippen LogP contribution in [0.15, 0.2) is 12.2 Å². The lowest BCUT2D eigenvalue weighted by atomic mass is 9.62. The molecule has 0 spiro atoms. The molecule has 2 fully saturated rings. The van der Waals surface area contributed by atoms with Gasteiger partial charge in [-0.25, -0.2) is 0 Å². The van der Waals surface area contributed by atoms with Crippen molar-refractivity contribution in [1.29, 1.82) is 0 Å². The number of rotatable bonds is 9. The monoisotopic (exact) mass is 394 g/mol. The van der Waals surface area contributed by atoms with Gasteiger partial charge in [0.15, 0.2) is 8.32 Å². The molecule has 3 nitrogen and oxygen atoms in total. The van der Waals surface area contributed by atoms with Crippen molar-refractivity contribution in [3.63, 3.8) is 0 Å². The molecular formula is C23H42O3Si. The summed E-state index contributed by atoms with van der Waals surface area (Å²) in [6, 6.07) is 3.75. The molecule has 0 bridgehead atoms. The molecule has 2 rings (SSSR count). The van der Waals surface area contributed by atoms with Crippen molar-refractivity contribution in [1.82, 2.24) is 0 Å². The number of fused-ring (bicyclic) bond motifs is 1. The largest absolute Gasteiger partial charge is 0.462 e. The third-order valence-corrected chi connectivity index (χ3v) is 12.6. The molecule has 0 aromatic carbocycles. The van der Waals surface area contributed by atoms with Crippen LogP contribution in [0.5, 0.6) is 0 Å². The van der Waals surface area contributed by atoms with Crippen LogP contribution in [0.2, 0.25) is 18.1 Å². The second-order valence-corrected chi connectivity index (χ2v) is 13.9. The Morgan fingerprint density at radius 3 is 2.44 bits per heavy atom. The minimum atomic E-state index is -1.55. The Morgan fingerprint density at radius 2 is 1.85 bits per heavy atom. The van der Waals surface area contributed by atoms with Gasteiger partial charge in [-0.3, -0.25) is 4.79 Å². The predicted molar refractivity (Wildman–Crippen MR) is 115 cm³/mol. The first kappa shape index (κ1) is 22.7. The normalized spacial score (nSPS) is 32.4. The van der Waals surface area contributed by atoms with E-state index in [-0.39, 0.29) is 5.97 Å². The number of allylic oxidation sites excluding steroid dienone is 1. The Labute approximate surface area is 168 Å². The van der Waals surface area contributed by atoms with Gasteiger partial charge >= 0.3 is 5.97 Å². The van der Waals surface area contributed by atoms with Crippen LogP contribution in [-0.2, 0) is 14.0 Å². The van der Waals surface area contributed by atoms with Crippen LogP contribution < -0.4 is 0 Å². The molecule has 0 heterocycles. The summed E-state index contributed by atoms with van der Waals surface area (Å²) in [6.45, 7) is 13.8. The van der Waals surface area contributed by atoms with Crippen LogP contribution >= 0.6 is 0 Å². The van der Waals surface area contributed by atoms with E-state index in [1.54, 1.807) is 0 Å². The van der Waals surface area contributed by atoms with Crippen molar-refractivity contribution in [3.05, 3.63) is 12.2 Å². The highest BCUT2D eigenvalue weighted by Gasteiger charge is 2.53. The summed E-state index contributed by atoms with van der Waals surface area (Å²) < 4.78 is 12.1. The molecule has 0 radical (unpaired) electrons. The van der Waals surface area contributed by atoms with E-state index >= 15 is 0 Å². The zero-order valence-electron chi connectivity index (χ0n) is 18.6. The molecule has 0 N–H and O–H groups in total. The van der Waals surface area contributed by atoms with Gasteiger partial charge in [0.05, 0.1) is 0 Å². The van der Waals surface area contributed by atoms with Crippen molar-refractivity contribution in [2.75, 3.05) is 6.61 Å². The van der Waals surface area contributed by atoms with Gasteiger partial charge in [0.1, 0.15) is 6.61 Å². The summed E-state index contributed by atoms with van der Waals surface area (Å²) in [7, 11) is -1.55. The fourth-order valence-electron chi connectivity index (χ4n) is 6.06. The van der Waals surface area contributed by atoms with Crippen LogP contribution in [0.3, 0.4) is 0 Å². The van der Waals surface area contributed by atoms with Gasteiger partial charge in [0, 0.05) is 13.0 Å². The topological polar surface area (TPSA) is 35.5 Å². The summed E-state index contributed by atoms with van der Waals surface area (Å²) >= 11 is 0. The molecule has 2 aliphatic carbocycles. The Bertz CT molecular complexity index is 505. The van der Waals surface area contributed by atoms with E-state index in [2.05, 4.69) is 40.7 Å². The fraction of sp³-hybridized carbons (Fsp3) is 0.870. The van der Waals surface area contributed by atoms with Crippen molar-refractivity contribution >= 4 is 14.3 Å². The number of carbonyl (C=O) groups is 1. The maximum atomic E-state index is 10.9. The van der Waals surface area contributed by atoms with Gasteiger partial charge in [-0.1, -0.05) is 53.2 Å². The minimum Gasteiger partial charge on any atom is -0.462 e. The van der Waals surface area contributed by atoms with Gasteiger partial charge in [0.25, 0.3) is 0 Å². The second-order valence-electron chi connectivity index (χ2n) is 9.18. The maximum Gasteiger partial charge on any atom is 0.302 e. The summed E-state index contributed by atoms with van der Waals surface area (Å²) in [5.41, 5.74) is 0.392. The van der Waals surface area contributed by atoms with Crippen molar-refractivity contribution in [3.8, 4) is 0 Å². The molecule has 2 aliphatic rings. The Morgan fingerprint density at radius 1 is 1.19 bits per heavy atom. The quantitative estimate of drug-likeness (QED) is 0.260. The SMILES string of the molecule is CC[Si](CC)(CC)O[C@H]1CCC[C@]2(C)[C@@H]([C@H](C)/C=C/COC(C)=O)CC[C@@H]12. The first-order valence-corrected chi connectivity index (χ1v) is 13.8. The molecule has 0 amide bonds. The highest BCUT2D eigenvalue weighted by atomic mass is 28.4. The molecule has 27 heavy (non-hydrogen) atoms. The lowest BCUT2D eigenvalue weighted by molar-refractivity contribution is -0.139. The lowest BCUT2D eigenvalue weighted by Crippen LogP contribution is -2.48. The van der Waals surface area contributed by atoms with E-state index in [9.17, 15) is 4.79 Å². The number of hydrogen-bond acceptors (Lipinski definition) is 3. The van der Waals surface area contributed by atoms with Gasteiger partial charge < -0.3 is 9.16 Å². The first-order chi connectivity index (χ1) is 12.8. The highest BCUT2D eigenvalue weighted by Crippen LogP contribution is 2.59. The average Bonchev–Trinajstić information content (AvgIpc) is 3.01. The molecule has 2 saturated carbocycles. The number of esters is 1. The zero-order valence-corrected chi connectivity index (χ0v) is 19.6. The maximum absolute atomic E-state index is 10.9. The lowest BCUT2D eigenvalue weighted by Gasteiger charge is -2.48. The molecule has 0 unspecified atom stereocenters. The van der Waals surface area contributed by atoms with Crippen LogP contribution in [0.4, 0.5) is 0 Å². The van der Waals surface area contributed by atoms with Crippen molar-refractivity contribution < 1.29 is 14.0 Å². The molecule has 5 atom stereocenters. The highest BCUT2D eigenvalue weighted by molar-refractivity contribution is 6.73. The first-order valence-electron chi connectivity index (χ1n) is 11.3. The van der Waals surface area contributed by atoms with Gasteiger partial charge in [-0.2, -0.15) is 0 Å². The van der Waals surface area contributed by atoms with Crippen LogP contribution in [0.1, 0.15) is 73.6 Å². The van der Waals surface area contributed by atoms with Crippen LogP contribution in [-0.4, -0.2) is 27.0 Å². The van der Waals surface area contributed by atoms with Crippen molar-refractivity contribution in [2.45, 2.75) is 97.9 Å². The Balaban J connectivity index is 2.07. The average molecular weight is 395 g/mol. The van der Waals surface area contributed by atoms with Gasteiger partial charge in [-0.05, 0) is 67.0 Å². The minimum absolute atomic E-state index is 0.206. The third kappa shape index (κ3) is 5.06. The van der Waals surface area contributed by atoms with E-state index in [0.29, 0.717) is 30.0 Å². The molecule has 0 aliphatic heterocycles. The van der Waals surface area contributed by atoms with E-state index in [4.69, 9.17) is 9.16 Å². The fourth-order valence-corrected chi connectivity index (χ4v) is 8.98. The van der Waals surface area contributed by atoms with E-state index in [0.717, 1.165) is 5.92 Å². The standard InChI is InChI=1S/C23H42O3Si/c1-7-27(8-2,9-3)26-22-13-10-16-23(6)20(14-15-21(22)23)18(4)12-11-17-25-19(5)24/h11-12,18,20-22H,7-10,13-17H2,1-6H3/b12-11+/t18-,20-,21+,22+,23-/m1/s1. The smallest absolute Gasteiger partial charge is 0.302 e. The summed E-state index contributed by atoms with van der Waals surface area (Å²) in [5.74, 6) is 1.75. The molecule has 156 valence electrons. The second kappa shape index (κ2) is 9.73. The predicted octanol–water partition coefficient (Wildman–Crippen LogP) is 6.35. The number of carbonyl (C=O) groups excluding carboxylic acids is 1. The van der Waals surface area contributed by atoms with Gasteiger partial charge in [0.2, 0.25) is 0 Å². The van der Waals surface area contributed by atoms with E-state index < -0.39 is 8.32 Å². The molecule has 0 aromatic heterocycles. The summed E-state index contributed by atoms with van der Waals surface area (Å²) in [6.07, 6.45) is 11.3. The Hall–Kier alpha value is -0.613. The van der Waals surface area contributed by atoms with Gasteiger partial charge in [-0.15, -0.1) is 0 Å². The van der Waals surface area contributed by atoms with E-state index in [1.807, 2.05) is 6.08 Å². The Kier molecular flexibility index (Phi) is 8.17. The summed E-state index contributed by atoms with van der Waals surface area (Å²) in [4.78, 5) is 10.9.